The molecule has 0 aromatic heterocycles. The number of rotatable bonds is 8. The molecule has 0 amide bonds. The molecule has 64 heavy (non-hydrogen) atoms. The van der Waals surface area contributed by atoms with E-state index in [1.165, 1.54) is 76.8 Å². The monoisotopic (exact) mass is 816 g/mol. The minimum atomic E-state index is -0.584. The maximum absolute atomic E-state index is 4.08. The normalized spacial score (nSPS) is 13.3. The summed E-state index contributed by atoms with van der Waals surface area (Å²) in [6.45, 7) is 6.15. The Labute approximate surface area is 374 Å². The Hall–Kier alpha value is -8.20. The topological polar surface area (TPSA) is 6.48 Å². The van der Waals surface area contributed by atoms with Gasteiger partial charge >= 0.3 is 0 Å². The fourth-order valence-corrected chi connectivity index (χ4v) is 11.1. The van der Waals surface area contributed by atoms with Gasteiger partial charge in [0.15, 0.2) is 0 Å². The number of para-hydroxylation sites is 3. The molecule has 2 aliphatic carbocycles. The van der Waals surface area contributed by atoms with E-state index in [-0.39, 0.29) is 0 Å². The van der Waals surface area contributed by atoms with Crippen LogP contribution >= 0.6 is 0 Å². The van der Waals surface area contributed by atoms with Gasteiger partial charge in [0.2, 0.25) is 0 Å². The van der Waals surface area contributed by atoms with E-state index in [0.29, 0.717) is 0 Å². The lowest BCUT2D eigenvalue weighted by Crippen LogP contribution is -2.26. The van der Waals surface area contributed by atoms with Crippen LogP contribution in [-0.2, 0) is 5.41 Å². The van der Waals surface area contributed by atoms with Crippen LogP contribution in [0.2, 0.25) is 0 Å². The molecular weight excluding hydrogens is 773 g/mol. The average Bonchev–Trinajstić information content (AvgIpc) is 3.83. The number of hydrogen-bond donors (Lipinski definition) is 0. The van der Waals surface area contributed by atoms with Crippen LogP contribution in [0.4, 0.5) is 28.4 Å². The molecular formula is C62H44N2. The van der Waals surface area contributed by atoms with Gasteiger partial charge in [-0.25, -0.2) is 0 Å². The van der Waals surface area contributed by atoms with Crippen molar-refractivity contribution < 1.29 is 0 Å². The van der Waals surface area contributed by atoms with Gasteiger partial charge in [-0.05, 0) is 157 Å². The summed E-state index contributed by atoms with van der Waals surface area (Å²) in [5.74, 6) is 0. The summed E-state index contributed by atoms with van der Waals surface area (Å²) in [6, 6.07) is 78.5. The first kappa shape index (κ1) is 37.6. The van der Waals surface area contributed by atoms with E-state index in [4.69, 9.17) is 0 Å². The molecule has 0 saturated heterocycles. The molecule has 10 aromatic rings. The largest absolute Gasteiger partial charge is 0.310 e. The van der Waals surface area contributed by atoms with E-state index in [1.807, 2.05) is 6.08 Å². The minimum Gasteiger partial charge on any atom is -0.310 e. The smallest absolute Gasteiger partial charge is 0.0737 e. The van der Waals surface area contributed by atoms with Crippen LogP contribution in [0.25, 0.3) is 54.6 Å². The van der Waals surface area contributed by atoms with Crippen molar-refractivity contribution in [3.8, 4) is 22.3 Å². The summed E-state index contributed by atoms with van der Waals surface area (Å²) in [7, 11) is 0. The van der Waals surface area contributed by atoms with Gasteiger partial charge < -0.3 is 9.80 Å². The highest BCUT2D eigenvalue weighted by molar-refractivity contribution is 6.22. The van der Waals surface area contributed by atoms with E-state index in [0.717, 1.165) is 34.1 Å². The number of fused-ring (bicyclic) bond motifs is 17. The van der Waals surface area contributed by atoms with Crippen molar-refractivity contribution in [1.29, 1.82) is 0 Å². The van der Waals surface area contributed by atoms with Crippen LogP contribution in [0, 0.1) is 0 Å². The molecule has 0 N–H and O–H groups in total. The second-order valence-corrected chi connectivity index (χ2v) is 16.8. The van der Waals surface area contributed by atoms with Crippen LogP contribution < -0.4 is 9.80 Å². The third kappa shape index (κ3) is 5.46. The molecule has 0 unspecified atom stereocenters. The highest BCUT2D eigenvalue weighted by atomic mass is 15.1. The number of benzene rings is 10. The van der Waals surface area contributed by atoms with Gasteiger partial charge in [-0.1, -0.05) is 170 Å². The predicted octanol–water partition coefficient (Wildman–Crippen LogP) is 16.7. The molecule has 0 heterocycles. The summed E-state index contributed by atoms with van der Waals surface area (Å²) < 4.78 is 0. The Bertz CT molecular complexity index is 3440. The Morgan fingerprint density at radius 3 is 1.64 bits per heavy atom. The molecule has 0 radical (unpaired) electrons. The number of allylic oxidation sites excluding steroid dienone is 4. The number of anilines is 5. The van der Waals surface area contributed by atoms with Gasteiger partial charge in [-0.15, -0.1) is 0 Å². The van der Waals surface area contributed by atoms with Gasteiger partial charge in [-0.2, -0.15) is 0 Å². The summed E-state index contributed by atoms with van der Waals surface area (Å²) in [5.41, 5.74) is 16.6. The second kappa shape index (κ2) is 15.0. The van der Waals surface area contributed by atoms with Crippen molar-refractivity contribution in [2.24, 2.45) is 0 Å². The minimum absolute atomic E-state index is 0.584. The molecule has 302 valence electrons. The summed E-state index contributed by atoms with van der Waals surface area (Å²) in [6.07, 6.45) is 8.19. The van der Waals surface area contributed by atoms with E-state index in [1.54, 1.807) is 0 Å². The maximum atomic E-state index is 4.08. The molecule has 0 fully saturated rings. The molecule has 0 bridgehead atoms. The van der Waals surface area contributed by atoms with E-state index in [9.17, 15) is 0 Å². The Morgan fingerprint density at radius 2 is 1.00 bits per heavy atom. The lowest BCUT2D eigenvalue weighted by Gasteiger charge is -2.33. The quantitative estimate of drug-likeness (QED) is 0.111. The van der Waals surface area contributed by atoms with Crippen molar-refractivity contribution in [2.75, 3.05) is 9.80 Å². The van der Waals surface area contributed by atoms with Crippen LogP contribution in [0.5, 0.6) is 0 Å². The van der Waals surface area contributed by atoms with Gasteiger partial charge in [0, 0.05) is 34.1 Å². The third-order valence-corrected chi connectivity index (χ3v) is 13.4. The fraction of sp³-hybridized carbons (Fsp3) is 0.0323. The zero-order chi connectivity index (χ0) is 42.8. The molecule has 2 heteroatoms. The lowest BCUT2D eigenvalue weighted by molar-refractivity contribution is 0.809. The SMILES string of the molecule is C=C/C=C(\C=C/C)N(c1ccccc1)c1ccc2c3c(ccc2c1)-c1c(c2ccc(N(c4ccccc4)c4ccccc4)cc2c2ccccc12)C31c2ccccc2-c2ccccc21. The third-order valence-electron chi connectivity index (χ3n) is 13.4. The molecule has 2 nitrogen and oxygen atoms in total. The van der Waals surface area contributed by atoms with Gasteiger partial charge in [0.1, 0.15) is 0 Å². The zero-order valence-electron chi connectivity index (χ0n) is 35.6. The van der Waals surface area contributed by atoms with Crippen LogP contribution in [0.3, 0.4) is 0 Å². The van der Waals surface area contributed by atoms with Crippen LogP contribution in [0.1, 0.15) is 29.2 Å². The van der Waals surface area contributed by atoms with E-state index in [2.05, 4.69) is 254 Å². The first-order valence-electron chi connectivity index (χ1n) is 22.2. The van der Waals surface area contributed by atoms with Crippen molar-refractivity contribution >= 4 is 60.8 Å². The average molecular weight is 817 g/mol. The zero-order valence-corrected chi connectivity index (χ0v) is 35.6. The van der Waals surface area contributed by atoms with Gasteiger partial charge in [0.25, 0.3) is 0 Å². The molecule has 2 aliphatic rings. The Balaban J connectivity index is 1.18. The summed E-state index contributed by atoms with van der Waals surface area (Å²) >= 11 is 0. The van der Waals surface area contributed by atoms with Crippen molar-refractivity contribution in [3.05, 3.63) is 271 Å². The lowest BCUT2D eigenvalue weighted by atomic mass is 9.68. The highest BCUT2D eigenvalue weighted by Gasteiger charge is 2.53. The van der Waals surface area contributed by atoms with Crippen molar-refractivity contribution in [1.82, 2.24) is 0 Å². The van der Waals surface area contributed by atoms with Crippen LogP contribution in [-0.4, -0.2) is 0 Å². The Morgan fingerprint density at radius 1 is 0.438 bits per heavy atom. The van der Waals surface area contributed by atoms with Crippen LogP contribution in [0.15, 0.2) is 249 Å². The maximum Gasteiger partial charge on any atom is 0.0737 e. The van der Waals surface area contributed by atoms with Crippen molar-refractivity contribution in [3.63, 3.8) is 0 Å². The molecule has 0 atom stereocenters. The number of nitrogens with zero attached hydrogens (tertiary/aromatic N) is 2. The molecule has 12 rings (SSSR count). The fourth-order valence-electron chi connectivity index (χ4n) is 11.1. The first-order valence-corrected chi connectivity index (χ1v) is 22.2. The van der Waals surface area contributed by atoms with E-state index < -0.39 is 5.41 Å². The number of hydrogen-bond acceptors (Lipinski definition) is 2. The summed E-state index contributed by atoms with van der Waals surface area (Å²) in [4.78, 5) is 4.70. The molecule has 0 saturated carbocycles. The summed E-state index contributed by atoms with van der Waals surface area (Å²) in [5, 5.41) is 7.48. The first-order chi connectivity index (χ1) is 31.7. The molecule has 10 aromatic carbocycles. The Kier molecular flexibility index (Phi) is 8.81. The van der Waals surface area contributed by atoms with E-state index >= 15 is 0 Å². The van der Waals surface area contributed by atoms with Gasteiger partial charge in [0.05, 0.1) is 5.41 Å². The van der Waals surface area contributed by atoms with Crippen molar-refractivity contribution in [2.45, 2.75) is 12.3 Å². The second-order valence-electron chi connectivity index (χ2n) is 16.8. The predicted molar refractivity (Wildman–Crippen MR) is 272 cm³/mol. The highest BCUT2D eigenvalue weighted by Crippen LogP contribution is 2.66. The molecule has 1 spiro atoms. The molecule has 0 aliphatic heterocycles. The van der Waals surface area contributed by atoms with Gasteiger partial charge in [-0.3, -0.25) is 0 Å². The standard InChI is InChI=1S/C62H44N2/c1-3-20-43(21-4-2)63(44-22-8-5-9-23-44)47-35-38-49-42(40-47)34-37-55-59-53-31-15-14-28-50(53)56-41-48(64(45-24-10-6-11-25-45)46-26-12-7-13-27-46)36-39-54(56)61(59)62(60(49)55)57-32-18-16-29-51(57)52-30-17-19-33-58(52)62/h3-41H,1H2,2H3/b21-4-,43-20+.